The molecule has 90 valence electrons. The maximum atomic E-state index is 5.74. The molecule has 1 aromatic carbocycles. The molecule has 1 rings (SSSR count). The van der Waals surface area contributed by atoms with Crippen LogP contribution in [0.3, 0.4) is 0 Å². The highest BCUT2D eigenvalue weighted by Crippen LogP contribution is 2.24. The van der Waals surface area contributed by atoms with Gasteiger partial charge in [-0.3, -0.25) is 4.90 Å². The number of likely N-dealkylation sites (N-methyl/N-ethyl adjacent to an activating group) is 1. The van der Waals surface area contributed by atoms with Crippen LogP contribution in [0.15, 0.2) is 12.1 Å². The number of nitrogens with zero attached hydrogens (tertiary/aromatic N) is 1. The molecule has 0 unspecified atom stereocenters. The minimum Gasteiger partial charge on any atom is -0.496 e. The highest BCUT2D eigenvalue weighted by Gasteiger charge is 2.07. The Morgan fingerprint density at radius 3 is 2.50 bits per heavy atom. The molecule has 0 heterocycles. The van der Waals surface area contributed by atoms with Gasteiger partial charge in [0, 0.05) is 6.54 Å². The van der Waals surface area contributed by atoms with E-state index in [4.69, 9.17) is 16.3 Å². The first-order chi connectivity index (χ1) is 7.60. The monoisotopic (exact) mass is 241 g/mol. The van der Waals surface area contributed by atoms with Crippen molar-refractivity contribution in [2.24, 2.45) is 0 Å². The van der Waals surface area contributed by atoms with Gasteiger partial charge in [-0.05, 0) is 50.1 Å². The summed E-state index contributed by atoms with van der Waals surface area (Å²) < 4.78 is 5.30. The zero-order chi connectivity index (χ0) is 12.1. The first-order valence-electron chi connectivity index (χ1n) is 5.47. The van der Waals surface area contributed by atoms with Gasteiger partial charge in [-0.1, -0.05) is 6.07 Å². The smallest absolute Gasteiger partial charge is 0.122 e. The standard InChI is InChI=1S/C13H20ClNO/c1-10-11(2)13(16-4)6-5-12(10)7-8-15(3)9-14/h5-6H,7-9H2,1-4H3. The van der Waals surface area contributed by atoms with Gasteiger partial charge in [0.1, 0.15) is 5.75 Å². The number of halogens is 1. The van der Waals surface area contributed by atoms with Gasteiger partial charge in [0.05, 0.1) is 13.1 Å². The third kappa shape index (κ3) is 3.13. The number of rotatable bonds is 5. The molecule has 0 atom stereocenters. The first kappa shape index (κ1) is 13.3. The van der Waals surface area contributed by atoms with Crippen LogP contribution in [0.1, 0.15) is 16.7 Å². The topological polar surface area (TPSA) is 12.5 Å². The van der Waals surface area contributed by atoms with Crippen molar-refractivity contribution < 1.29 is 4.74 Å². The number of ether oxygens (including phenoxy) is 1. The normalized spacial score (nSPS) is 10.9. The maximum Gasteiger partial charge on any atom is 0.122 e. The van der Waals surface area contributed by atoms with Crippen LogP contribution in [0.5, 0.6) is 5.75 Å². The van der Waals surface area contributed by atoms with Crippen molar-refractivity contribution >= 4 is 11.6 Å². The Morgan fingerprint density at radius 2 is 1.94 bits per heavy atom. The summed E-state index contributed by atoms with van der Waals surface area (Å²) in [6, 6.07) is 4.76. The molecule has 0 saturated heterocycles. The second-order valence-corrected chi connectivity index (χ2v) is 4.37. The van der Waals surface area contributed by atoms with Crippen LogP contribution in [0.4, 0.5) is 0 Å². The average Bonchev–Trinajstić information content (AvgIpc) is 2.30. The van der Waals surface area contributed by atoms with E-state index < -0.39 is 0 Å². The van der Waals surface area contributed by atoms with Crippen molar-refractivity contribution in [2.75, 3.05) is 26.7 Å². The molecule has 0 fully saturated rings. The van der Waals surface area contributed by atoms with E-state index in [1.807, 2.05) is 13.1 Å². The first-order valence-corrected chi connectivity index (χ1v) is 6.01. The van der Waals surface area contributed by atoms with E-state index in [0.717, 1.165) is 18.7 Å². The maximum absolute atomic E-state index is 5.74. The summed E-state index contributed by atoms with van der Waals surface area (Å²) in [5.74, 6) is 0.965. The Labute approximate surface area is 103 Å². The lowest BCUT2D eigenvalue weighted by molar-refractivity contribution is 0.393. The summed E-state index contributed by atoms with van der Waals surface area (Å²) >= 11 is 5.74. The zero-order valence-corrected chi connectivity index (χ0v) is 11.3. The van der Waals surface area contributed by atoms with Gasteiger partial charge in [-0.15, -0.1) is 11.6 Å². The summed E-state index contributed by atoms with van der Waals surface area (Å²) in [5.41, 5.74) is 3.92. The SMILES string of the molecule is COc1ccc(CCN(C)CCl)c(C)c1C. The lowest BCUT2D eigenvalue weighted by Crippen LogP contribution is -2.19. The Balaban J connectivity index is 2.78. The van der Waals surface area contributed by atoms with E-state index in [9.17, 15) is 0 Å². The van der Waals surface area contributed by atoms with E-state index in [1.165, 1.54) is 16.7 Å². The van der Waals surface area contributed by atoms with Crippen molar-refractivity contribution in [3.8, 4) is 5.75 Å². The van der Waals surface area contributed by atoms with Crippen molar-refractivity contribution in [3.63, 3.8) is 0 Å². The zero-order valence-electron chi connectivity index (χ0n) is 10.5. The van der Waals surface area contributed by atoms with Crippen LogP contribution in [-0.4, -0.2) is 31.6 Å². The summed E-state index contributed by atoms with van der Waals surface area (Å²) in [5, 5.41) is 0. The molecule has 0 radical (unpaired) electrons. The average molecular weight is 242 g/mol. The number of alkyl halides is 1. The lowest BCUT2D eigenvalue weighted by atomic mass is 10.00. The number of methoxy groups -OCH3 is 1. The molecule has 0 bridgehead atoms. The molecule has 0 aliphatic heterocycles. The molecule has 1 aromatic rings. The Hall–Kier alpha value is -0.730. The second-order valence-electron chi connectivity index (χ2n) is 4.13. The van der Waals surface area contributed by atoms with Gasteiger partial charge in [-0.25, -0.2) is 0 Å². The summed E-state index contributed by atoms with van der Waals surface area (Å²) in [4.78, 5) is 2.10. The molecule has 0 aliphatic carbocycles. The Kier molecular flexibility index (Phi) is 5.10. The van der Waals surface area contributed by atoms with Crippen molar-refractivity contribution in [3.05, 3.63) is 28.8 Å². The molecule has 0 saturated carbocycles. The largest absolute Gasteiger partial charge is 0.496 e. The fraction of sp³-hybridized carbons (Fsp3) is 0.538. The van der Waals surface area contributed by atoms with Gasteiger partial charge in [0.2, 0.25) is 0 Å². The highest BCUT2D eigenvalue weighted by molar-refractivity contribution is 6.17. The van der Waals surface area contributed by atoms with E-state index in [1.54, 1.807) is 7.11 Å². The van der Waals surface area contributed by atoms with Crippen molar-refractivity contribution in [1.29, 1.82) is 0 Å². The highest BCUT2D eigenvalue weighted by atomic mass is 35.5. The minimum atomic E-state index is 0.578. The lowest BCUT2D eigenvalue weighted by Gasteiger charge is -2.16. The molecular formula is C13H20ClNO. The van der Waals surface area contributed by atoms with Crippen LogP contribution >= 0.6 is 11.6 Å². The Morgan fingerprint density at radius 1 is 1.25 bits per heavy atom. The van der Waals surface area contributed by atoms with Crippen LogP contribution in [0.2, 0.25) is 0 Å². The summed E-state index contributed by atoms with van der Waals surface area (Å²) in [7, 11) is 3.74. The van der Waals surface area contributed by atoms with Gasteiger partial charge in [0.15, 0.2) is 0 Å². The predicted octanol–water partition coefficient (Wildman–Crippen LogP) is 2.98. The van der Waals surface area contributed by atoms with Gasteiger partial charge in [-0.2, -0.15) is 0 Å². The Bertz CT molecular complexity index is 352. The molecule has 0 spiro atoms. The molecule has 2 nitrogen and oxygen atoms in total. The van der Waals surface area contributed by atoms with Gasteiger partial charge >= 0.3 is 0 Å². The third-order valence-corrected chi connectivity index (χ3v) is 3.44. The fourth-order valence-electron chi connectivity index (χ4n) is 1.71. The number of benzene rings is 1. The number of hydrogen-bond donors (Lipinski definition) is 0. The second kappa shape index (κ2) is 6.12. The molecule has 0 aliphatic rings. The molecule has 0 N–H and O–H groups in total. The van der Waals surface area contributed by atoms with E-state index in [0.29, 0.717) is 6.00 Å². The van der Waals surface area contributed by atoms with E-state index in [2.05, 4.69) is 24.8 Å². The molecule has 0 aromatic heterocycles. The van der Waals surface area contributed by atoms with E-state index in [-0.39, 0.29) is 0 Å². The fourth-order valence-corrected chi connectivity index (χ4v) is 1.83. The summed E-state index contributed by atoms with van der Waals surface area (Å²) in [6.07, 6.45) is 1.03. The number of hydrogen-bond acceptors (Lipinski definition) is 2. The third-order valence-electron chi connectivity index (χ3n) is 3.04. The minimum absolute atomic E-state index is 0.578. The van der Waals surface area contributed by atoms with Crippen LogP contribution in [-0.2, 0) is 6.42 Å². The van der Waals surface area contributed by atoms with E-state index >= 15 is 0 Å². The van der Waals surface area contributed by atoms with Crippen molar-refractivity contribution in [1.82, 2.24) is 4.90 Å². The van der Waals surface area contributed by atoms with Crippen LogP contribution in [0.25, 0.3) is 0 Å². The van der Waals surface area contributed by atoms with Gasteiger partial charge in [0.25, 0.3) is 0 Å². The van der Waals surface area contributed by atoms with Crippen molar-refractivity contribution in [2.45, 2.75) is 20.3 Å². The van der Waals surface area contributed by atoms with Crippen LogP contribution in [0, 0.1) is 13.8 Å². The van der Waals surface area contributed by atoms with Gasteiger partial charge < -0.3 is 4.74 Å². The molecule has 16 heavy (non-hydrogen) atoms. The predicted molar refractivity (Wildman–Crippen MR) is 69.5 cm³/mol. The molecule has 0 amide bonds. The summed E-state index contributed by atoms with van der Waals surface area (Å²) in [6.45, 7) is 5.23. The molecule has 3 heteroatoms. The van der Waals surface area contributed by atoms with Crippen LogP contribution < -0.4 is 4.74 Å². The molecular weight excluding hydrogens is 222 g/mol. The quantitative estimate of drug-likeness (QED) is 0.581.